The van der Waals surface area contributed by atoms with Crippen LogP contribution in [0.25, 0.3) is 11.1 Å². The van der Waals surface area contributed by atoms with Crippen molar-refractivity contribution in [1.82, 2.24) is 15.5 Å². The molecule has 0 radical (unpaired) electrons. The number of hydrogen-bond acceptors (Lipinski definition) is 3. The molecule has 5 heteroatoms. The van der Waals surface area contributed by atoms with Gasteiger partial charge in [0, 0.05) is 33.8 Å². The second kappa shape index (κ2) is 5.97. The lowest BCUT2D eigenvalue weighted by molar-refractivity contribution is 0.416. The number of hydrogen-bond donors (Lipinski definition) is 2. The highest BCUT2D eigenvalue weighted by Gasteiger charge is 2.22. The topological polar surface area (TPSA) is 49.9 Å². The zero-order valence-electron chi connectivity index (χ0n) is 11.4. The maximum Gasteiger partial charge on any atom is 0.126 e. The molecule has 1 aromatic carbocycles. The van der Waals surface area contributed by atoms with Gasteiger partial charge in [-0.25, -0.2) is 0 Å². The second-order valence-electron chi connectivity index (χ2n) is 5.09. The molecule has 1 unspecified atom stereocenters. The second-order valence-corrected chi connectivity index (χ2v) is 6.00. The summed E-state index contributed by atoms with van der Waals surface area (Å²) in [6.07, 6.45) is 4.30. The molecule has 0 bridgehead atoms. The lowest BCUT2D eigenvalue weighted by Crippen LogP contribution is -2.28. The Hall–Kier alpha value is -1.33. The van der Waals surface area contributed by atoms with Crippen molar-refractivity contribution in [1.29, 1.82) is 0 Å². The van der Waals surface area contributed by atoms with E-state index in [1.165, 1.54) is 18.5 Å². The fraction of sp³-hybridized carbons (Fsp3) is 0.400. The molecule has 1 aliphatic heterocycles. The van der Waals surface area contributed by atoms with Crippen LogP contribution in [0, 0.1) is 0 Å². The molecule has 1 fully saturated rings. The lowest BCUT2D eigenvalue weighted by Gasteiger charge is -2.23. The SMILES string of the molecule is COc1ccc(Br)cc1-c1cn[nH]c1C1CCCNC1. The first-order valence-corrected chi connectivity index (χ1v) is 7.67. The molecule has 1 atom stereocenters. The van der Waals surface area contributed by atoms with Crippen LogP contribution in [-0.4, -0.2) is 30.4 Å². The van der Waals surface area contributed by atoms with Gasteiger partial charge in [-0.2, -0.15) is 5.10 Å². The van der Waals surface area contributed by atoms with E-state index in [9.17, 15) is 0 Å². The molecule has 0 saturated carbocycles. The van der Waals surface area contributed by atoms with Gasteiger partial charge in [0.25, 0.3) is 0 Å². The molecule has 0 amide bonds. The predicted molar refractivity (Wildman–Crippen MR) is 83.1 cm³/mol. The van der Waals surface area contributed by atoms with Gasteiger partial charge in [-0.05, 0) is 37.6 Å². The van der Waals surface area contributed by atoms with Crippen LogP contribution >= 0.6 is 15.9 Å². The summed E-state index contributed by atoms with van der Waals surface area (Å²) in [5.41, 5.74) is 3.42. The van der Waals surface area contributed by atoms with Gasteiger partial charge < -0.3 is 10.1 Å². The van der Waals surface area contributed by atoms with E-state index in [1.807, 2.05) is 18.3 Å². The van der Waals surface area contributed by atoms with Gasteiger partial charge in [0.2, 0.25) is 0 Å². The van der Waals surface area contributed by atoms with Crippen molar-refractivity contribution < 1.29 is 4.74 Å². The molecule has 2 heterocycles. The molecular weight excluding hydrogens is 318 g/mol. The molecule has 1 saturated heterocycles. The largest absolute Gasteiger partial charge is 0.496 e. The first-order valence-electron chi connectivity index (χ1n) is 6.87. The molecule has 0 aliphatic carbocycles. The molecule has 4 nitrogen and oxygen atoms in total. The Morgan fingerprint density at radius 3 is 3.00 bits per heavy atom. The Bertz CT molecular complexity index is 591. The molecule has 2 aromatic rings. The third-order valence-corrected chi connectivity index (χ3v) is 4.32. The van der Waals surface area contributed by atoms with Crippen molar-refractivity contribution in [2.24, 2.45) is 0 Å². The minimum atomic E-state index is 0.491. The van der Waals surface area contributed by atoms with Gasteiger partial charge in [-0.3, -0.25) is 5.10 Å². The van der Waals surface area contributed by atoms with Crippen LogP contribution in [0.1, 0.15) is 24.5 Å². The van der Waals surface area contributed by atoms with Crippen LogP contribution in [0.5, 0.6) is 5.75 Å². The van der Waals surface area contributed by atoms with Crippen molar-refractivity contribution >= 4 is 15.9 Å². The number of halogens is 1. The van der Waals surface area contributed by atoms with Gasteiger partial charge in [-0.15, -0.1) is 0 Å². The van der Waals surface area contributed by atoms with E-state index in [4.69, 9.17) is 4.74 Å². The number of benzene rings is 1. The van der Waals surface area contributed by atoms with Crippen LogP contribution in [0.4, 0.5) is 0 Å². The summed E-state index contributed by atoms with van der Waals surface area (Å²) >= 11 is 3.53. The molecular formula is C15H18BrN3O. The molecule has 0 spiro atoms. The first-order chi connectivity index (χ1) is 9.79. The summed E-state index contributed by atoms with van der Waals surface area (Å²) in [6.45, 7) is 2.12. The predicted octanol–water partition coefficient (Wildman–Crippen LogP) is 3.31. The standard InChI is InChI=1S/C15H18BrN3O/c1-20-14-5-4-11(16)7-12(14)13-9-18-19-15(13)10-3-2-6-17-8-10/h4-5,7,9-10,17H,2-3,6,8H2,1H3,(H,18,19). The van der Waals surface area contributed by atoms with Crippen LogP contribution in [-0.2, 0) is 0 Å². The molecule has 1 aliphatic rings. The Morgan fingerprint density at radius 1 is 1.35 bits per heavy atom. The molecule has 106 valence electrons. The number of nitrogens with zero attached hydrogens (tertiary/aromatic N) is 1. The minimum Gasteiger partial charge on any atom is -0.496 e. The molecule has 2 N–H and O–H groups in total. The van der Waals surface area contributed by atoms with Crippen LogP contribution in [0.2, 0.25) is 0 Å². The van der Waals surface area contributed by atoms with E-state index < -0.39 is 0 Å². The number of aromatic nitrogens is 2. The zero-order valence-corrected chi connectivity index (χ0v) is 13.0. The van der Waals surface area contributed by atoms with E-state index >= 15 is 0 Å². The quantitative estimate of drug-likeness (QED) is 0.904. The van der Waals surface area contributed by atoms with E-state index in [0.717, 1.165) is 34.4 Å². The van der Waals surface area contributed by atoms with Crippen molar-refractivity contribution in [3.8, 4) is 16.9 Å². The molecule has 20 heavy (non-hydrogen) atoms. The summed E-state index contributed by atoms with van der Waals surface area (Å²) in [4.78, 5) is 0. The summed E-state index contributed by atoms with van der Waals surface area (Å²) in [6, 6.07) is 6.06. The average Bonchev–Trinajstić information content (AvgIpc) is 2.97. The Balaban J connectivity index is 2.02. The third-order valence-electron chi connectivity index (χ3n) is 3.83. The minimum absolute atomic E-state index is 0.491. The van der Waals surface area contributed by atoms with Crippen LogP contribution < -0.4 is 10.1 Å². The van der Waals surface area contributed by atoms with Gasteiger partial charge in [0.05, 0.1) is 13.3 Å². The van der Waals surface area contributed by atoms with Crippen molar-refractivity contribution in [2.75, 3.05) is 20.2 Å². The number of nitrogens with one attached hydrogen (secondary N) is 2. The number of methoxy groups -OCH3 is 1. The van der Waals surface area contributed by atoms with Crippen LogP contribution in [0.3, 0.4) is 0 Å². The Kier molecular flexibility index (Phi) is 4.08. The highest BCUT2D eigenvalue weighted by atomic mass is 79.9. The highest BCUT2D eigenvalue weighted by Crippen LogP contribution is 2.37. The van der Waals surface area contributed by atoms with E-state index in [2.05, 4.69) is 37.5 Å². The summed E-state index contributed by atoms with van der Waals surface area (Å²) in [5.74, 6) is 1.37. The van der Waals surface area contributed by atoms with Crippen LogP contribution in [0.15, 0.2) is 28.9 Å². The number of rotatable bonds is 3. The Morgan fingerprint density at radius 2 is 2.25 bits per heavy atom. The average molecular weight is 336 g/mol. The maximum atomic E-state index is 5.49. The van der Waals surface area contributed by atoms with E-state index in [0.29, 0.717) is 5.92 Å². The highest BCUT2D eigenvalue weighted by molar-refractivity contribution is 9.10. The molecule has 3 rings (SSSR count). The van der Waals surface area contributed by atoms with Crippen molar-refractivity contribution in [3.63, 3.8) is 0 Å². The maximum absolute atomic E-state index is 5.49. The van der Waals surface area contributed by atoms with E-state index in [-0.39, 0.29) is 0 Å². The van der Waals surface area contributed by atoms with Crippen molar-refractivity contribution in [2.45, 2.75) is 18.8 Å². The summed E-state index contributed by atoms with van der Waals surface area (Å²) in [7, 11) is 1.70. The van der Waals surface area contributed by atoms with Gasteiger partial charge in [-0.1, -0.05) is 15.9 Å². The Labute approximate surface area is 127 Å². The number of aromatic amines is 1. The fourth-order valence-electron chi connectivity index (χ4n) is 2.81. The zero-order chi connectivity index (χ0) is 13.9. The van der Waals surface area contributed by atoms with Gasteiger partial charge in [0.1, 0.15) is 5.75 Å². The summed E-state index contributed by atoms with van der Waals surface area (Å²) < 4.78 is 6.53. The third kappa shape index (κ3) is 2.60. The molecule has 1 aromatic heterocycles. The van der Waals surface area contributed by atoms with Crippen molar-refractivity contribution in [3.05, 3.63) is 34.6 Å². The van der Waals surface area contributed by atoms with E-state index in [1.54, 1.807) is 7.11 Å². The fourth-order valence-corrected chi connectivity index (χ4v) is 3.17. The monoisotopic (exact) mass is 335 g/mol. The smallest absolute Gasteiger partial charge is 0.126 e. The number of ether oxygens (including phenoxy) is 1. The first kappa shape index (κ1) is 13.6. The lowest BCUT2D eigenvalue weighted by atomic mass is 9.91. The van der Waals surface area contributed by atoms with Gasteiger partial charge in [0.15, 0.2) is 0 Å². The number of H-pyrrole nitrogens is 1. The summed E-state index contributed by atoms with van der Waals surface area (Å²) in [5, 5.41) is 10.9. The normalized spacial score (nSPS) is 19.0. The van der Waals surface area contributed by atoms with Gasteiger partial charge >= 0.3 is 0 Å². The number of piperidine rings is 1.